The molecule has 0 aliphatic heterocycles. The summed E-state index contributed by atoms with van der Waals surface area (Å²) in [5.41, 5.74) is 3.63. The molecule has 0 bridgehead atoms. The average molecular weight is 300 g/mol. The zero-order valence-electron chi connectivity index (χ0n) is 12.7. The van der Waals surface area contributed by atoms with Gasteiger partial charge in [-0.05, 0) is 43.4 Å². The van der Waals surface area contributed by atoms with Crippen LogP contribution in [0.5, 0.6) is 0 Å². The highest BCUT2D eigenvalue weighted by Gasteiger charge is 2.20. The van der Waals surface area contributed by atoms with E-state index in [1.807, 2.05) is 0 Å². The first-order valence-electron chi connectivity index (χ1n) is 7.65. The van der Waals surface area contributed by atoms with Gasteiger partial charge >= 0.3 is 0 Å². The van der Waals surface area contributed by atoms with Crippen molar-refractivity contribution >= 4 is 11.7 Å². The number of hydrogen-bond donors (Lipinski definition) is 2. The van der Waals surface area contributed by atoms with Crippen LogP contribution in [-0.2, 0) is 31.2 Å². The maximum absolute atomic E-state index is 12.1. The van der Waals surface area contributed by atoms with Crippen molar-refractivity contribution in [1.82, 2.24) is 20.1 Å². The van der Waals surface area contributed by atoms with Crippen LogP contribution < -0.4 is 5.32 Å². The number of rotatable bonds is 4. The van der Waals surface area contributed by atoms with E-state index in [-0.39, 0.29) is 0 Å². The van der Waals surface area contributed by atoms with Gasteiger partial charge in [0, 0.05) is 18.9 Å². The number of H-pyrrole nitrogens is 1. The molecule has 0 spiro atoms. The molecule has 0 fully saturated rings. The molecule has 1 aliphatic rings. The quantitative estimate of drug-likeness (QED) is 0.510. The van der Waals surface area contributed by atoms with Crippen LogP contribution in [0.1, 0.15) is 46.7 Å². The zero-order valence-corrected chi connectivity index (χ0v) is 12.7. The lowest BCUT2D eigenvalue weighted by Crippen LogP contribution is -2.32. The highest BCUT2D eigenvalue weighted by Crippen LogP contribution is 2.21. The number of aromatic nitrogens is 3. The van der Waals surface area contributed by atoms with Crippen LogP contribution in [0.2, 0.25) is 0 Å². The normalized spacial score (nSPS) is 14.2. The lowest BCUT2D eigenvalue weighted by molar-refractivity contribution is -0.117. The second kappa shape index (κ2) is 6.17. The minimum absolute atomic E-state index is 0.292. The number of carbonyl (C=O) groups excluding carboxylic acids is 2. The highest BCUT2D eigenvalue weighted by molar-refractivity contribution is 6.42. The zero-order chi connectivity index (χ0) is 15.5. The Labute approximate surface area is 128 Å². The fourth-order valence-electron chi connectivity index (χ4n) is 2.93. The van der Waals surface area contributed by atoms with Gasteiger partial charge in [0.05, 0.1) is 17.9 Å². The van der Waals surface area contributed by atoms with E-state index in [4.69, 9.17) is 0 Å². The topological polar surface area (TPSA) is 79.8 Å². The molecule has 2 N–H and O–H groups in total. The Morgan fingerprint density at radius 1 is 1.32 bits per heavy atom. The van der Waals surface area contributed by atoms with Crippen molar-refractivity contribution in [3.63, 3.8) is 0 Å². The summed E-state index contributed by atoms with van der Waals surface area (Å²) in [6, 6.07) is 3.39. The molecular formula is C16H20N4O2. The molecule has 116 valence electrons. The van der Waals surface area contributed by atoms with E-state index < -0.39 is 11.7 Å². The van der Waals surface area contributed by atoms with Gasteiger partial charge in [-0.25, -0.2) is 0 Å². The lowest BCUT2D eigenvalue weighted by Gasteiger charge is -2.05. The summed E-state index contributed by atoms with van der Waals surface area (Å²) in [6.07, 6.45) is 7.29. The summed E-state index contributed by atoms with van der Waals surface area (Å²) in [5, 5.41) is 10.0. The van der Waals surface area contributed by atoms with Gasteiger partial charge in [0.1, 0.15) is 0 Å². The summed E-state index contributed by atoms with van der Waals surface area (Å²) in [5.74, 6) is -1.11. The molecule has 0 unspecified atom stereocenters. The molecule has 0 aromatic carbocycles. The number of fused-ring (bicyclic) bond motifs is 1. The number of carbonyl (C=O) groups is 2. The maximum atomic E-state index is 12.1. The van der Waals surface area contributed by atoms with Gasteiger partial charge in [-0.1, -0.05) is 6.42 Å². The first-order valence-corrected chi connectivity index (χ1v) is 7.65. The Bertz CT molecular complexity index is 699. The summed E-state index contributed by atoms with van der Waals surface area (Å²) >= 11 is 0. The van der Waals surface area contributed by atoms with Crippen molar-refractivity contribution in [2.24, 2.45) is 7.05 Å². The Kier molecular flexibility index (Phi) is 4.09. The second-order valence-corrected chi connectivity index (χ2v) is 5.70. The van der Waals surface area contributed by atoms with E-state index in [9.17, 15) is 9.59 Å². The molecule has 0 saturated heterocycles. The molecule has 0 saturated carbocycles. The van der Waals surface area contributed by atoms with Crippen LogP contribution in [0.3, 0.4) is 0 Å². The Hall–Kier alpha value is -2.37. The van der Waals surface area contributed by atoms with Crippen molar-refractivity contribution in [3.05, 3.63) is 41.0 Å². The van der Waals surface area contributed by atoms with E-state index >= 15 is 0 Å². The number of amides is 1. The van der Waals surface area contributed by atoms with Crippen LogP contribution >= 0.6 is 0 Å². The number of aryl methyl sites for hydroxylation is 2. The third-order valence-corrected chi connectivity index (χ3v) is 4.19. The van der Waals surface area contributed by atoms with Crippen molar-refractivity contribution < 1.29 is 9.59 Å². The molecule has 2 heterocycles. The predicted molar refractivity (Wildman–Crippen MR) is 81.4 cm³/mol. The van der Waals surface area contributed by atoms with Crippen LogP contribution in [0, 0.1) is 0 Å². The molecule has 1 amide bonds. The Balaban J connectivity index is 1.65. The molecule has 3 rings (SSSR count). The largest absolute Gasteiger partial charge is 0.348 e. The summed E-state index contributed by atoms with van der Waals surface area (Å²) in [7, 11) is 1.74. The van der Waals surface area contributed by atoms with Gasteiger partial charge in [-0.15, -0.1) is 0 Å². The summed E-state index contributed by atoms with van der Waals surface area (Å²) in [4.78, 5) is 24.1. The smallest absolute Gasteiger partial charge is 0.294 e. The van der Waals surface area contributed by atoms with Gasteiger partial charge < -0.3 is 9.88 Å². The average Bonchev–Trinajstić information content (AvgIpc) is 3.03. The third-order valence-electron chi connectivity index (χ3n) is 4.19. The second-order valence-electron chi connectivity index (χ2n) is 5.70. The van der Waals surface area contributed by atoms with E-state index in [1.54, 1.807) is 29.9 Å². The Morgan fingerprint density at radius 3 is 2.91 bits per heavy atom. The summed E-state index contributed by atoms with van der Waals surface area (Å²) < 4.78 is 1.64. The Morgan fingerprint density at radius 2 is 2.14 bits per heavy atom. The highest BCUT2D eigenvalue weighted by atomic mass is 16.2. The molecule has 6 heteroatoms. The maximum Gasteiger partial charge on any atom is 0.294 e. The minimum atomic E-state index is -0.591. The van der Waals surface area contributed by atoms with Crippen molar-refractivity contribution in [2.45, 2.75) is 38.6 Å². The van der Waals surface area contributed by atoms with Crippen LogP contribution in [0.25, 0.3) is 0 Å². The number of nitrogens with zero attached hydrogens (tertiary/aromatic N) is 2. The number of Topliss-reactive ketones (excluding diaryl/α,β-unsaturated/α-hetero) is 1. The van der Waals surface area contributed by atoms with Crippen LogP contribution in [-0.4, -0.2) is 26.5 Å². The van der Waals surface area contributed by atoms with E-state index in [2.05, 4.69) is 15.5 Å². The van der Waals surface area contributed by atoms with Gasteiger partial charge in [0.15, 0.2) is 0 Å². The van der Waals surface area contributed by atoms with E-state index in [1.165, 1.54) is 24.1 Å². The monoisotopic (exact) mass is 300 g/mol. The predicted octanol–water partition coefficient (Wildman–Crippen LogP) is 1.52. The first-order chi connectivity index (χ1) is 10.7. The molecule has 0 atom stereocenters. The molecular weight excluding hydrogens is 280 g/mol. The van der Waals surface area contributed by atoms with Gasteiger partial charge in [-0.3, -0.25) is 14.7 Å². The van der Waals surface area contributed by atoms with E-state index in [0.29, 0.717) is 12.2 Å². The lowest BCUT2D eigenvalue weighted by atomic mass is 10.1. The van der Waals surface area contributed by atoms with Crippen molar-refractivity contribution in [2.75, 3.05) is 0 Å². The standard InChI is InChI=1S/C16H20N4O2/c1-20-9-5-8-14(20)15(21)16(22)17-10-13-11-6-3-2-4-7-12(11)18-19-13/h5,8-9H,2-4,6-7,10H2,1H3,(H,17,22)(H,18,19). The number of hydrogen-bond acceptors (Lipinski definition) is 3. The number of ketones is 1. The fourth-order valence-corrected chi connectivity index (χ4v) is 2.93. The number of aromatic amines is 1. The molecule has 22 heavy (non-hydrogen) atoms. The van der Waals surface area contributed by atoms with Gasteiger partial charge in [-0.2, -0.15) is 5.10 Å². The third kappa shape index (κ3) is 2.81. The summed E-state index contributed by atoms with van der Waals surface area (Å²) in [6.45, 7) is 0.292. The van der Waals surface area contributed by atoms with Crippen molar-refractivity contribution in [1.29, 1.82) is 0 Å². The molecule has 0 radical (unpaired) electrons. The van der Waals surface area contributed by atoms with Crippen molar-refractivity contribution in [3.8, 4) is 0 Å². The molecule has 1 aliphatic carbocycles. The number of nitrogens with one attached hydrogen (secondary N) is 2. The van der Waals surface area contributed by atoms with Gasteiger partial charge in [0.2, 0.25) is 0 Å². The molecule has 2 aromatic rings. The minimum Gasteiger partial charge on any atom is -0.348 e. The molecule has 2 aromatic heterocycles. The van der Waals surface area contributed by atoms with Crippen LogP contribution in [0.15, 0.2) is 18.3 Å². The van der Waals surface area contributed by atoms with Gasteiger partial charge in [0.25, 0.3) is 11.7 Å². The SMILES string of the molecule is Cn1cccc1C(=O)C(=O)NCc1n[nH]c2c1CCCCC2. The fraction of sp³-hybridized carbons (Fsp3) is 0.438. The van der Waals surface area contributed by atoms with E-state index in [0.717, 1.165) is 25.0 Å². The molecule has 6 nitrogen and oxygen atoms in total. The van der Waals surface area contributed by atoms with Crippen LogP contribution in [0.4, 0.5) is 0 Å². The first kappa shape index (κ1) is 14.6.